The van der Waals surface area contributed by atoms with Gasteiger partial charge in [-0.3, -0.25) is 0 Å². The highest BCUT2D eigenvalue weighted by molar-refractivity contribution is 5.55. The highest BCUT2D eigenvalue weighted by atomic mass is 19.4. The molecular formula is C12H13F3N2. The number of nitriles is 1. The summed E-state index contributed by atoms with van der Waals surface area (Å²) in [6.45, 7) is 5.19. The van der Waals surface area contributed by atoms with Gasteiger partial charge in [-0.25, -0.2) is 0 Å². The lowest BCUT2D eigenvalue weighted by Crippen LogP contribution is -2.22. The molecule has 92 valence electrons. The Bertz CT molecular complexity index is 428. The molecule has 0 saturated carbocycles. The van der Waals surface area contributed by atoms with Gasteiger partial charge in [0, 0.05) is 18.8 Å². The van der Waals surface area contributed by atoms with E-state index in [9.17, 15) is 13.2 Å². The van der Waals surface area contributed by atoms with E-state index in [0.717, 1.165) is 6.07 Å². The summed E-state index contributed by atoms with van der Waals surface area (Å²) >= 11 is 0. The Hall–Kier alpha value is -1.70. The molecular weight excluding hydrogens is 229 g/mol. The molecule has 0 spiro atoms. The van der Waals surface area contributed by atoms with Crippen molar-refractivity contribution in [3.8, 4) is 6.07 Å². The van der Waals surface area contributed by atoms with Gasteiger partial charge in [0.1, 0.15) is 0 Å². The Labute approximate surface area is 98.3 Å². The normalized spacial score (nSPS) is 11.1. The average molecular weight is 242 g/mol. The maximum absolute atomic E-state index is 12.6. The van der Waals surface area contributed by atoms with Gasteiger partial charge in [-0.2, -0.15) is 18.4 Å². The number of rotatable bonds is 3. The van der Waals surface area contributed by atoms with Crippen LogP contribution in [-0.4, -0.2) is 13.1 Å². The van der Waals surface area contributed by atoms with Gasteiger partial charge in [-0.05, 0) is 32.0 Å². The van der Waals surface area contributed by atoms with E-state index in [0.29, 0.717) is 18.8 Å². The van der Waals surface area contributed by atoms with Gasteiger partial charge >= 0.3 is 6.18 Å². The molecule has 5 heteroatoms. The van der Waals surface area contributed by atoms with Crippen molar-refractivity contribution in [2.75, 3.05) is 18.0 Å². The Morgan fingerprint density at radius 1 is 1.24 bits per heavy atom. The molecule has 1 aromatic carbocycles. The second kappa shape index (κ2) is 5.09. The van der Waals surface area contributed by atoms with Crippen LogP contribution in [0.1, 0.15) is 25.0 Å². The molecule has 0 fully saturated rings. The van der Waals surface area contributed by atoms with Gasteiger partial charge in [0.05, 0.1) is 17.2 Å². The van der Waals surface area contributed by atoms with Gasteiger partial charge in [0.25, 0.3) is 0 Å². The molecule has 0 amide bonds. The minimum atomic E-state index is -4.48. The Kier molecular flexibility index (Phi) is 4.00. The molecule has 0 saturated heterocycles. The lowest BCUT2D eigenvalue weighted by Gasteiger charge is -2.22. The maximum Gasteiger partial charge on any atom is 0.417 e. The number of anilines is 1. The van der Waals surface area contributed by atoms with Gasteiger partial charge in [-0.15, -0.1) is 0 Å². The molecule has 0 aliphatic rings. The number of nitrogens with zero attached hydrogens (tertiary/aromatic N) is 2. The van der Waals surface area contributed by atoms with E-state index in [4.69, 9.17) is 5.26 Å². The third kappa shape index (κ3) is 2.90. The topological polar surface area (TPSA) is 27.0 Å². The van der Waals surface area contributed by atoms with Crippen molar-refractivity contribution < 1.29 is 13.2 Å². The van der Waals surface area contributed by atoms with Crippen LogP contribution in [0.25, 0.3) is 0 Å². The van der Waals surface area contributed by atoms with Crippen molar-refractivity contribution in [2.45, 2.75) is 20.0 Å². The standard InChI is InChI=1S/C12H13F3N2/c1-3-17(4-2)10-5-6-11(12(13,14)15)9(7-10)8-16/h5-7H,3-4H2,1-2H3. The lowest BCUT2D eigenvalue weighted by atomic mass is 10.1. The minimum Gasteiger partial charge on any atom is -0.372 e. The quantitative estimate of drug-likeness (QED) is 0.812. The molecule has 0 aliphatic carbocycles. The Morgan fingerprint density at radius 3 is 2.24 bits per heavy atom. The summed E-state index contributed by atoms with van der Waals surface area (Å²) < 4.78 is 37.7. The van der Waals surface area contributed by atoms with E-state index in [1.807, 2.05) is 18.7 Å². The van der Waals surface area contributed by atoms with E-state index in [2.05, 4.69) is 0 Å². The van der Waals surface area contributed by atoms with Crippen molar-refractivity contribution in [2.24, 2.45) is 0 Å². The van der Waals surface area contributed by atoms with Gasteiger partial charge in [-0.1, -0.05) is 0 Å². The maximum atomic E-state index is 12.6. The van der Waals surface area contributed by atoms with E-state index >= 15 is 0 Å². The number of hydrogen-bond donors (Lipinski definition) is 0. The second-order valence-corrected chi connectivity index (χ2v) is 3.51. The third-order valence-corrected chi connectivity index (χ3v) is 2.56. The number of halogens is 3. The largest absolute Gasteiger partial charge is 0.417 e. The zero-order valence-electron chi connectivity index (χ0n) is 9.67. The summed E-state index contributed by atoms with van der Waals surface area (Å²) in [5.74, 6) is 0. The zero-order chi connectivity index (χ0) is 13.1. The van der Waals surface area contributed by atoms with Crippen LogP contribution in [0.15, 0.2) is 18.2 Å². The van der Waals surface area contributed by atoms with Crippen molar-refractivity contribution in [1.82, 2.24) is 0 Å². The van der Waals surface area contributed by atoms with Crippen LogP contribution in [0.4, 0.5) is 18.9 Å². The van der Waals surface area contributed by atoms with Crippen LogP contribution in [0.3, 0.4) is 0 Å². The first-order valence-electron chi connectivity index (χ1n) is 5.30. The van der Waals surface area contributed by atoms with Crippen LogP contribution >= 0.6 is 0 Å². The summed E-state index contributed by atoms with van der Waals surface area (Å²) in [5, 5.41) is 8.76. The molecule has 1 rings (SSSR count). The first kappa shape index (κ1) is 13.4. The summed E-state index contributed by atoms with van der Waals surface area (Å²) in [6.07, 6.45) is -4.48. The average Bonchev–Trinajstić information content (AvgIpc) is 2.29. The van der Waals surface area contributed by atoms with Gasteiger partial charge in [0.15, 0.2) is 0 Å². The van der Waals surface area contributed by atoms with Crippen LogP contribution in [0.2, 0.25) is 0 Å². The van der Waals surface area contributed by atoms with E-state index in [1.54, 1.807) is 6.07 Å². The summed E-state index contributed by atoms with van der Waals surface area (Å²) in [6, 6.07) is 5.25. The van der Waals surface area contributed by atoms with E-state index < -0.39 is 11.7 Å². The van der Waals surface area contributed by atoms with Crippen LogP contribution < -0.4 is 4.90 Å². The van der Waals surface area contributed by atoms with Crippen LogP contribution in [-0.2, 0) is 6.18 Å². The van der Waals surface area contributed by atoms with Crippen LogP contribution in [0.5, 0.6) is 0 Å². The predicted molar refractivity (Wildman–Crippen MR) is 59.7 cm³/mol. The number of hydrogen-bond acceptors (Lipinski definition) is 2. The second-order valence-electron chi connectivity index (χ2n) is 3.51. The summed E-state index contributed by atoms with van der Waals surface area (Å²) in [7, 11) is 0. The van der Waals surface area contributed by atoms with Gasteiger partial charge < -0.3 is 4.90 Å². The number of alkyl halides is 3. The van der Waals surface area contributed by atoms with Crippen molar-refractivity contribution >= 4 is 5.69 Å². The lowest BCUT2D eigenvalue weighted by molar-refractivity contribution is -0.137. The first-order chi connectivity index (χ1) is 7.93. The fraction of sp³-hybridized carbons (Fsp3) is 0.417. The van der Waals surface area contributed by atoms with Crippen molar-refractivity contribution in [3.05, 3.63) is 29.3 Å². The first-order valence-corrected chi connectivity index (χ1v) is 5.30. The molecule has 0 unspecified atom stereocenters. The smallest absolute Gasteiger partial charge is 0.372 e. The third-order valence-electron chi connectivity index (χ3n) is 2.56. The monoisotopic (exact) mass is 242 g/mol. The fourth-order valence-corrected chi connectivity index (χ4v) is 1.66. The van der Waals surface area contributed by atoms with Crippen molar-refractivity contribution in [3.63, 3.8) is 0 Å². The molecule has 0 atom stereocenters. The molecule has 0 aromatic heterocycles. The van der Waals surface area contributed by atoms with E-state index in [-0.39, 0.29) is 5.56 Å². The Morgan fingerprint density at radius 2 is 1.82 bits per heavy atom. The molecule has 2 nitrogen and oxygen atoms in total. The highest BCUT2D eigenvalue weighted by Crippen LogP contribution is 2.33. The SMILES string of the molecule is CCN(CC)c1ccc(C(F)(F)F)c(C#N)c1. The molecule has 0 aliphatic heterocycles. The molecule has 1 aromatic rings. The predicted octanol–water partition coefficient (Wildman–Crippen LogP) is 3.42. The number of benzene rings is 1. The summed E-state index contributed by atoms with van der Waals surface area (Å²) in [4.78, 5) is 1.89. The van der Waals surface area contributed by atoms with E-state index in [1.165, 1.54) is 12.1 Å². The van der Waals surface area contributed by atoms with Crippen molar-refractivity contribution in [1.29, 1.82) is 5.26 Å². The molecule has 17 heavy (non-hydrogen) atoms. The molecule has 0 N–H and O–H groups in total. The molecule has 0 radical (unpaired) electrons. The van der Waals surface area contributed by atoms with Gasteiger partial charge in [0.2, 0.25) is 0 Å². The Balaban J connectivity index is 3.23. The zero-order valence-corrected chi connectivity index (χ0v) is 9.67. The molecule has 0 heterocycles. The summed E-state index contributed by atoms with van der Waals surface area (Å²) in [5.41, 5.74) is -0.572. The fourth-order valence-electron chi connectivity index (χ4n) is 1.66. The highest BCUT2D eigenvalue weighted by Gasteiger charge is 2.33. The molecule has 0 bridgehead atoms. The minimum absolute atomic E-state index is 0.332. The van der Waals surface area contributed by atoms with Crippen LogP contribution in [0, 0.1) is 11.3 Å².